The van der Waals surface area contributed by atoms with E-state index in [0.29, 0.717) is 0 Å². The molecule has 0 fully saturated rings. The maximum atomic E-state index is 4.80. The molecule has 0 saturated carbocycles. The largest absolute Gasteiger partial charge is 0.338 e. The minimum Gasteiger partial charge on any atom is -0.338 e. The van der Waals surface area contributed by atoms with Gasteiger partial charge in [0.15, 0.2) is 0 Å². The molecule has 0 aliphatic rings. The fourth-order valence-electron chi connectivity index (χ4n) is 6.84. The summed E-state index contributed by atoms with van der Waals surface area (Å²) in [7, 11) is 0. The molecule has 0 bridgehead atoms. The number of aromatic nitrogens is 2. The zero-order valence-electron chi connectivity index (χ0n) is 24.5. The molecule has 1 heterocycles. The van der Waals surface area contributed by atoms with E-state index >= 15 is 0 Å². The first-order valence-electron chi connectivity index (χ1n) is 15.4. The number of rotatable bonds is 4. The Balaban J connectivity index is 1.28. The molecule has 0 spiro atoms. The Hall–Kier alpha value is -5.99. The minimum atomic E-state index is 0.888. The van der Waals surface area contributed by atoms with Crippen molar-refractivity contribution in [1.29, 1.82) is 0 Å². The molecule has 1 aromatic heterocycles. The van der Waals surface area contributed by atoms with Gasteiger partial charge in [0.1, 0.15) is 5.82 Å². The second-order valence-corrected chi connectivity index (χ2v) is 11.7. The van der Waals surface area contributed by atoms with Gasteiger partial charge in [-0.2, -0.15) is 0 Å². The molecule has 45 heavy (non-hydrogen) atoms. The highest BCUT2D eigenvalue weighted by Gasteiger charge is 2.18. The van der Waals surface area contributed by atoms with E-state index in [-0.39, 0.29) is 0 Å². The molecule has 9 rings (SSSR count). The number of H-pyrrole nitrogens is 1. The lowest BCUT2D eigenvalue weighted by molar-refractivity contribution is 1.34. The van der Waals surface area contributed by atoms with Crippen LogP contribution in [0.3, 0.4) is 0 Å². The fourth-order valence-corrected chi connectivity index (χ4v) is 6.84. The third-order valence-electron chi connectivity index (χ3n) is 9.01. The van der Waals surface area contributed by atoms with Crippen LogP contribution in [0, 0.1) is 0 Å². The van der Waals surface area contributed by atoms with Crippen molar-refractivity contribution < 1.29 is 0 Å². The lowest BCUT2D eigenvalue weighted by Gasteiger charge is -2.19. The van der Waals surface area contributed by atoms with Gasteiger partial charge in [0, 0.05) is 5.56 Å². The van der Waals surface area contributed by atoms with Crippen LogP contribution < -0.4 is 0 Å². The lowest BCUT2D eigenvalue weighted by atomic mass is 9.84. The van der Waals surface area contributed by atoms with E-state index in [9.17, 15) is 0 Å². The van der Waals surface area contributed by atoms with E-state index in [1.807, 2.05) is 18.2 Å². The maximum Gasteiger partial charge on any atom is 0.138 e. The van der Waals surface area contributed by atoms with Gasteiger partial charge in [0.2, 0.25) is 0 Å². The van der Waals surface area contributed by atoms with E-state index in [0.717, 1.165) is 22.4 Å². The third kappa shape index (κ3) is 4.30. The number of nitrogens with zero attached hydrogens (tertiary/aromatic N) is 1. The van der Waals surface area contributed by atoms with Crippen molar-refractivity contribution in [2.45, 2.75) is 0 Å². The number of hydrogen-bond acceptors (Lipinski definition) is 1. The van der Waals surface area contributed by atoms with Crippen molar-refractivity contribution in [2.75, 3.05) is 0 Å². The summed E-state index contributed by atoms with van der Waals surface area (Å²) in [5.41, 5.74) is 10.5. The molecule has 0 aliphatic carbocycles. The third-order valence-corrected chi connectivity index (χ3v) is 9.01. The highest BCUT2D eigenvalue weighted by molar-refractivity contribution is 6.22. The van der Waals surface area contributed by atoms with Crippen LogP contribution in [0.1, 0.15) is 0 Å². The number of fused-ring (bicyclic) bond motifs is 4. The van der Waals surface area contributed by atoms with E-state index in [1.54, 1.807) is 0 Å². The van der Waals surface area contributed by atoms with E-state index < -0.39 is 0 Å². The molecular weight excluding hydrogens is 544 g/mol. The Morgan fingerprint density at radius 3 is 1.76 bits per heavy atom. The molecule has 0 saturated heterocycles. The summed E-state index contributed by atoms with van der Waals surface area (Å²) in [4.78, 5) is 8.27. The van der Waals surface area contributed by atoms with Crippen LogP contribution in [0.4, 0.5) is 0 Å². The van der Waals surface area contributed by atoms with Gasteiger partial charge in [0.05, 0.1) is 11.0 Å². The maximum absolute atomic E-state index is 4.80. The Morgan fingerprint density at radius 1 is 0.356 bits per heavy atom. The summed E-state index contributed by atoms with van der Waals surface area (Å²) in [5.74, 6) is 0.888. The van der Waals surface area contributed by atoms with Crippen LogP contribution in [-0.4, -0.2) is 9.97 Å². The molecule has 0 amide bonds. The zero-order chi connectivity index (χ0) is 29.7. The molecule has 9 aromatic rings. The molecule has 0 aliphatic heterocycles. The number of para-hydroxylation sites is 2. The normalized spacial score (nSPS) is 11.6. The summed E-state index contributed by atoms with van der Waals surface area (Å²) in [5, 5.41) is 7.53. The minimum absolute atomic E-state index is 0.888. The number of imidazole rings is 1. The van der Waals surface area contributed by atoms with Crippen molar-refractivity contribution >= 4 is 43.4 Å². The topological polar surface area (TPSA) is 28.7 Å². The summed E-state index contributed by atoms with van der Waals surface area (Å²) < 4.78 is 0. The molecule has 0 unspecified atom stereocenters. The molecular formula is C43H28N2. The van der Waals surface area contributed by atoms with E-state index in [2.05, 4.69) is 151 Å². The summed E-state index contributed by atoms with van der Waals surface area (Å²) in [6.45, 7) is 0. The van der Waals surface area contributed by atoms with Crippen molar-refractivity contribution in [3.8, 4) is 44.8 Å². The predicted molar refractivity (Wildman–Crippen MR) is 190 cm³/mol. The average molecular weight is 573 g/mol. The molecule has 0 radical (unpaired) electrons. The second kappa shape index (κ2) is 10.3. The quantitative estimate of drug-likeness (QED) is 0.209. The van der Waals surface area contributed by atoms with Crippen molar-refractivity contribution in [3.63, 3.8) is 0 Å². The van der Waals surface area contributed by atoms with E-state index in [1.165, 1.54) is 65.7 Å². The number of aromatic amines is 1. The molecule has 210 valence electrons. The Kier molecular flexibility index (Phi) is 5.85. The summed E-state index contributed by atoms with van der Waals surface area (Å²) in [6, 6.07) is 59.0. The number of benzene rings is 8. The monoisotopic (exact) mass is 572 g/mol. The molecule has 8 aromatic carbocycles. The summed E-state index contributed by atoms with van der Waals surface area (Å²) >= 11 is 0. The highest BCUT2D eigenvalue weighted by Crippen LogP contribution is 2.45. The smallest absolute Gasteiger partial charge is 0.138 e. The predicted octanol–water partition coefficient (Wildman–Crippen LogP) is 11.7. The van der Waals surface area contributed by atoms with Crippen LogP contribution in [0.5, 0.6) is 0 Å². The summed E-state index contributed by atoms with van der Waals surface area (Å²) in [6.07, 6.45) is 0. The Labute approximate surface area is 261 Å². The molecule has 2 nitrogen and oxygen atoms in total. The van der Waals surface area contributed by atoms with Gasteiger partial charge < -0.3 is 4.98 Å². The van der Waals surface area contributed by atoms with Crippen LogP contribution in [0.25, 0.3) is 88.1 Å². The van der Waals surface area contributed by atoms with Crippen molar-refractivity contribution in [2.24, 2.45) is 0 Å². The van der Waals surface area contributed by atoms with Crippen molar-refractivity contribution in [3.05, 3.63) is 164 Å². The first kappa shape index (κ1) is 25.5. The average Bonchev–Trinajstić information content (AvgIpc) is 3.55. The van der Waals surface area contributed by atoms with Crippen LogP contribution in [0.2, 0.25) is 0 Å². The van der Waals surface area contributed by atoms with Gasteiger partial charge in [0.25, 0.3) is 0 Å². The highest BCUT2D eigenvalue weighted by atomic mass is 14.9. The van der Waals surface area contributed by atoms with E-state index in [4.69, 9.17) is 4.98 Å². The van der Waals surface area contributed by atoms with Gasteiger partial charge in [-0.15, -0.1) is 0 Å². The second-order valence-electron chi connectivity index (χ2n) is 11.7. The molecule has 2 heteroatoms. The first-order valence-corrected chi connectivity index (χ1v) is 15.4. The first-order chi connectivity index (χ1) is 22.3. The van der Waals surface area contributed by atoms with Gasteiger partial charge in [-0.3, -0.25) is 0 Å². The number of nitrogens with one attached hydrogen (secondary N) is 1. The van der Waals surface area contributed by atoms with Crippen LogP contribution >= 0.6 is 0 Å². The number of hydrogen-bond donors (Lipinski definition) is 1. The van der Waals surface area contributed by atoms with Crippen molar-refractivity contribution in [1.82, 2.24) is 9.97 Å². The van der Waals surface area contributed by atoms with Gasteiger partial charge in [-0.1, -0.05) is 140 Å². The zero-order valence-corrected chi connectivity index (χ0v) is 24.5. The fraction of sp³-hybridized carbons (Fsp3) is 0. The SMILES string of the molecule is c1ccc(-c2c3ccccc3c(-c3ccc4ccccc4c3)c3cc(-c4ccc(-c5nc6ccccc6[nH]5)cc4)ccc23)cc1. The molecule has 0 atom stereocenters. The van der Waals surface area contributed by atoms with Crippen LogP contribution in [0.15, 0.2) is 164 Å². The van der Waals surface area contributed by atoms with Gasteiger partial charge in [-0.05, 0) is 90.0 Å². The van der Waals surface area contributed by atoms with Gasteiger partial charge >= 0.3 is 0 Å². The standard InChI is InChI=1S/C43H28N2/c1-2-11-30(12-3-1)41-35-14-6-7-15-36(35)42(34-23-20-28-10-4-5-13-32(28)26-34)38-27-33(24-25-37(38)41)29-18-21-31(22-19-29)43-44-39-16-8-9-17-40(39)45-43/h1-27H,(H,44,45). The lowest BCUT2D eigenvalue weighted by Crippen LogP contribution is -1.92. The molecule has 1 N–H and O–H groups in total. The Morgan fingerprint density at radius 2 is 0.956 bits per heavy atom. The Bertz CT molecular complexity index is 2490. The van der Waals surface area contributed by atoms with Crippen LogP contribution in [-0.2, 0) is 0 Å². The van der Waals surface area contributed by atoms with Gasteiger partial charge in [-0.25, -0.2) is 4.98 Å².